The number of hydrogen-bond donors (Lipinski definition) is 2. The van der Waals surface area contributed by atoms with Gasteiger partial charge in [0.2, 0.25) is 11.0 Å². The van der Waals surface area contributed by atoms with E-state index in [1.54, 1.807) is 11.8 Å². The van der Waals surface area contributed by atoms with Gasteiger partial charge in [0.1, 0.15) is 0 Å². The molecule has 0 saturated heterocycles. The summed E-state index contributed by atoms with van der Waals surface area (Å²) in [5.74, 6) is 0.783. The summed E-state index contributed by atoms with van der Waals surface area (Å²) in [7, 11) is 0. The molecule has 1 amide bonds. The highest BCUT2D eigenvalue weighted by molar-refractivity contribution is 8.01. The summed E-state index contributed by atoms with van der Waals surface area (Å²) >= 11 is 3.10. The highest BCUT2D eigenvalue weighted by Crippen LogP contribution is 2.27. The van der Waals surface area contributed by atoms with E-state index < -0.39 is 0 Å². The summed E-state index contributed by atoms with van der Waals surface area (Å²) in [6, 6.07) is 8.30. The second kappa shape index (κ2) is 7.99. The Morgan fingerprint density at radius 2 is 2.05 bits per heavy atom. The van der Waals surface area contributed by atoms with Crippen molar-refractivity contribution in [1.82, 2.24) is 15.5 Å². The first kappa shape index (κ1) is 15.8. The predicted octanol–water partition coefficient (Wildman–Crippen LogP) is 3.07. The Morgan fingerprint density at radius 1 is 1.29 bits per heavy atom. The van der Waals surface area contributed by atoms with Crippen LogP contribution in [0.15, 0.2) is 28.6 Å². The first-order chi connectivity index (χ1) is 10.2. The van der Waals surface area contributed by atoms with Gasteiger partial charge in [-0.25, -0.2) is 0 Å². The molecule has 21 heavy (non-hydrogen) atoms. The average molecular weight is 322 g/mol. The number of nitrogens with one attached hydrogen (secondary N) is 2. The molecule has 0 atom stereocenters. The molecule has 2 aromatic rings. The van der Waals surface area contributed by atoms with E-state index in [2.05, 4.69) is 39.9 Å². The third kappa shape index (κ3) is 5.35. The fourth-order valence-electron chi connectivity index (χ4n) is 1.63. The predicted molar refractivity (Wildman–Crippen MR) is 88.4 cm³/mol. The number of amides is 1. The number of nitrogens with zero attached hydrogens (tertiary/aromatic N) is 2. The normalized spacial score (nSPS) is 10.4. The molecule has 1 aromatic heterocycles. The van der Waals surface area contributed by atoms with Crippen molar-refractivity contribution in [3.63, 3.8) is 0 Å². The fourth-order valence-corrected chi connectivity index (χ4v) is 3.33. The van der Waals surface area contributed by atoms with E-state index in [1.165, 1.54) is 23.8 Å². The molecule has 0 radical (unpaired) electrons. The molecular formula is C14H18N4OS2. The molecule has 0 aliphatic heterocycles. The van der Waals surface area contributed by atoms with Crippen molar-refractivity contribution >= 4 is 39.8 Å². The minimum atomic E-state index is -0.00857. The maximum absolute atomic E-state index is 10.8. The van der Waals surface area contributed by atoms with Gasteiger partial charge in [-0.05, 0) is 24.1 Å². The van der Waals surface area contributed by atoms with Crippen LogP contribution in [0.1, 0.15) is 19.4 Å². The minimum Gasteiger partial charge on any atom is -0.356 e. The third-order valence-corrected chi connectivity index (χ3v) is 4.70. The standard InChI is InChI=1S/C14H18N4OS2/c1-3-11-4-6-12(7-5-11)16-13-17-18-14(21-13)20-9-8-15-10(2)19/h4-7H,3,8-9H2,1-2H3,(H,15,19)(H,16,17). The van der Waals surface area contributed by atoms with Crippen molar-refractivity contribution in [2.45, 2.75) is 24.6 Å². The molecule has 0 fully saturated rings. The van der Waals surface area contributed by atoms with Crippen LogP contribution in [0.2, 0.25) is 0 Å². The van der Waals surface area contributed by atoms with Crippen molar-refractivity contribution in [1.29, 1.82) is 0 Å². The van der Waals surface area contributed by atoms with Crippen molar-refractivity contribution < 1.29 is 4.79 Å². The minimum absolute atomic E-state index is 0.00857. The first-order valence-electron chi connectivity index (χ1n) is 6.74. The monoisotopic (exact) mass is 322 g/mol. The van der Waals surface area contributed by atoms with Crippen LogP contribution in [0.25, 0.3) is 0 Å². The lowest BCUT2D eigenvalue weighted by atomic mass is 10.1. The molecule has 0 unspecified atom stereocenters. The highest BCUT2D eigenvalue weighted by atomic mass is 32.2. The number of hydrogen-bond acceptors (Lipinski definition) is 6. The van der Waals surface area contributed by atoms with Crippen LogP contribution < -0.4 is 10.6 Å². The van der Waals surface area contributed by atoms with Crippen LogP contribution in [0.3, 0.4) is 0 Å². The molecule has 0 bridgehead atoms. The van der Waals surface area contributed by atoms with Gasteiger partial charge >= 0.3 is 0 Å². The van der Waals surface area contributed by atoms with Crippen molar-refractivity contribution in [3.05, 3.63) is 29.8 Å². The summed E-state index contributed by atoms with van der Waals surface area (Å²) in [5.41, 5.74) is 2.32. The summed E-state index contributed by atoms with van der Waals surface area (Å²) in [6.07, 6.45) is 1.04. The Balaban J connectivity index is 1.83. The molecular weight excluding hydrogens is 304 g/mol. The largest absolute Gasteiger partial charge is 0.356 e. The topological polar surface area (TPSA) is 66.9 Å². The molecule has 0 saturated carbocycles. The molecule has 1 aromatic carbocycles. The zero-order valence-electron chi connectivity index (χ0n) is 12.0. The number of thioether (sulfide) groups is 1. The van der Waals surface area contributed by atoms with E-state index in [0.29, 0.717) is 6.54 Å². The maximum Gasteiger partial charge on any atom is 0.216 e. The fraction of sp³-hybridized carbons (Fsp3) is 0.357. The third-order valence-electron chi connectivity index (χ3n) is 2.72. The number of anilines is 2. The first-order valence-corrected chi connectivity index (χ1v) is 8.54. The van der Waals surface area contributed by atoms with E-state index in [4.69, 9.17) is 0 Å². The molecule has 0 aliphatic rings. The Hall–Kier alpha value is -1.60. The molecule has 0 aliphatic carbocycles. The Bertz CT molecular complexity index is 583. The molecule has 2 rings (SSSR count). The lowest BCUT2D eigenvalue weighted by Gasteiger charge is -2.02. The lowest BCUT2D eigenvalue weighted by Crippen LogP contribution is -2.22. The van der Waals surface area contributed by atoms with Gasteiger partial charge in [-0.15, -0.1) is 10.2 Å². The van der Waals surface area contributed by atoms with Gasteiger partial charge in [0.15, 0.2) is 4.34 Å². The quantitative estimate of drug-likeness (QED) is 0.606. The zero-order valence-corrected chi connectivity index (χ0v) is 13.7. The van der Waals surface area contributed by atoms with Gasteiger partial charge in [0.25, 0.3) is 0 Å². The van der Waals surface area contributed by atoms with Crippen LogP contribution >= 0.6 is 23.1 Å². The van der Waals surface area contributed by atoms with E-state index in [-0.39, 0.29) is 5.91 Å². The summed E-state index contributed by atoms with van der Waals surface area (Å²) < 4.78 is 0.896. The summed E-state index contributed by atoms with van der Waals surface area (Å²) in [5, 5.41) is 15.0. The smallest absolute Gasteiger partial charge is 0.216 e. The maximum atomic E-state index is 10.8. The van der Waals surface area contributed by atoms with E-state index in [0.717, 1.165) is 27.3 Å². The van der Waals surface area contributed by atoms with Crippen LogP contribution in [0.5, 0.6) is 0 Å². The van der Waals surface area contributed by atoms with Crippen LogP contribution in [0, 0.1) is 0 Å². The summed E-state index contributed by atoms with van der Waals surface area (Å²) in [6.45, 7) is 4.29. The Kier molecular flexibility index (Phi) is 6.01. The van der Waals surface area contributed by atoms with Crippen LogP contribution in [-0.4, -0.2) is 28.4 Å². The number of carbonyl (C=O) groups is 1. The van der Waals surface area contributed by atoms with Gasteiger partial charge in [0, 0.05) is 24.9 Å². The van der Waals surface area contributed by atoms with Gasteiger partial charge in [0.05, 0.1) is 0 Å². The molecule has 1 heterocycles. The molecule has 112 valence electrons. The number of carbonyl (C=O) groups excluding carboxylic acids is 1. The van der Waals surface area contributed by atoms with E-state index in [9.17, 15) is 4.79 Å². The zero-order chi connectivity index (χ0) is 15.1. The average Bonchev–Trinajstić information content (AvgIpc) is 2.92. The number of aryl methyl sites for hydroxylation is 1. The van der Waals surface area contributed by atoms with Gasteiger partial charge in [-0.3, -0.25) is 4.79 Å². The highest BCUT2D eigenvalue weighted by Gasteiger charge is 2.05. The Labute approximate surface area is 132 Å². The molecule has 2 N–H and O–H groups in total. The Morgan fingerprint density at radius 3 is 2.71 bits per heavy atom. The molecule has 7 heteroatoms. The summed E-state index contributed by atoms with van der Waals surface area (Å²) in [4.78, 5) is 10.8. The van der Waals surface area contributed by atoms with Crippen LogP contribution in [0.4, 0.5) is 10.8 Å². The second-order valence-corrected chi connectivity index (χ2v) is 6.70. The SMILES string of the molecule is CCc1ccc(Nc2nnc(SCCNC(C)=O)s2)cc1. The van der Waals surface area contributed by atoms with Crippen molar-refractivity contribution in [2.75, 3.05) is 17.6 Å². The number of rotatable bonds is 7. The molecule has 5 nitrogen and oxygen atoms in total. The van der Waals surface area contributed by atoms with E-state index in [1.807, 2.05) is 12.1 Å². The lowest BCUT2D eigenvalue weighted by molar-refractivity contribution is -0.118. The number of benzene rings is 1. The van der Waals surface area contributed by atoms with Gasteiger partial charge < -0.3 is 10.6 Å². The molecule has 0 spiro atoms. The second-order valence-electron chi connectivity index (χ2n) is 4.38. The van der Waals surface area contributed by atoms with Crippen molar-refractivity contribution in [2.24, 2.45) is 0 Å². The van der Waals surface area contributed by atoms with Gasteiger partial charge in [-0.1, -0.05) is 42.2 Å². The number of aromatic nitrogens is 2. The van der Waals surface area contributed by atoms with Crippen molar-refractivity contribution in [3.8, 4) is 0 Å². The van der Waals surface area contributed by atoms with Crippen LogP contribution in [-0.2, 0) is 11.2 Å². The van der Waals surface area contributed by atoms with Gasteiger partial charge in [-0.2, -0.15) is 0 Å². The van der Waals surface area contributed by atoms with E-state index >= 15 is 0 Å².